The predicted octanol–water partition coefficient (Wildman–Crippen LogP) is 7.82. The lowest BCUT2D eigenvalue weighted by Gasteiger charge is -2.72. The maximum absolute atomic E-state index is 14.1. The molecular weight excluding hydrogens is 580 g/mol. The molecule has 0 aromatic carbocycles. The van der Waals surface area contributed by atoms with Gasteiger partial charge in [0, 0.05) is 25.9 Å². The zero-order chi connectivity index (χ0) is 33.7. The quantitative estimate of drug-likeness (QED) is 0.112. The first-order valence-electron chi connectivity index (χ1n) is 18.3. The zero-order valence-corrected chi connectivity index (χ0v) is 29.9. The molecule has 0 radical (unpaired) electrons. The number of unbranched alkanes of at least 4 members (excludes halogenated alkanes) is 2. The summed E-state index contributed by atoms with van der Waals surface area (Å²) in [4.78, 5) is 38.4. The SMILES string of the molecule is C=C(C)[C@@H]1CC[C@]2(C(=O)OCCCCCO)CC[C@]3(C)C(CCC4[C@@]5(C)CC[C@H](OC(C)=O)[C@@](C)(COC(C)=O)C5CC[C@]43C)C12. The van der Waals surface area contributed by atoms with Crippen molar-refractivity contribution in [3.63, 3.8) is 0 Å². The zero-order valence-electron chi connectivity index (χ0n) is 29.9. The first kappa shape index (κ1) is 35.4. The highest BCUT2D eigenvalue weighted by atomic mass is 16.6. The second-order valence-corrected chi connectivity index (χ2v) is 17.2. The number of hydrogen-bond donors (Lipinski definition) is 1. The van der Waals surface area contributed by atoms with Crippen LogP contribution in [0.25, 0.3) is 0 Å². The van der Waals surface area contributed by atoms with Gasteiger partial charge in [-0.1, -0.05) is 39.8 Å². The van der Waals surface area contributed by atoms with Crippen LogP contribution in [0, 0.1) is 56.7 Å². The molecule has 4 unspecified atom stereocenters. The van der Waals surface area contributed by atoms with Gasteiger partial charge in [-0.05, 0) is 136 Å². The van der Waals surface area contributed by atoms with Crippen LogP contribution in [0.4, 0.5) is 0 Å². The van der Waals surface area contributed by atoms with Gasteiger partial charge in [0.25, 0.3) is 0 Å². The lowest BCUT2D eigenvalue weighted by atomic mass is 9.32. The Bertz CT molecular complexity index is 1200. The number of fused-ring (bicyclic) bond motifs is 7. The third-order valence-electron chi connectivity index (χ3n) is 15.1. The molecule has 0 heterocycles. The Kier molecular flexibility index (Phi) is 9.90. The van der Waals surface area contributed by atoms with E-state index in [1.807, 2.05) is 0 Å². The fourth-order valence-corrected chi connectivity index (χ4v) is 12.8. The maximum atomic E-state index is 14.1. The smallest absolute Gasteiger partial charge is 0.312 e. The van der Waals surface area contributed by atoms with E-state index < -0.39 is 10.8 Å². The number of hydrogen-bond acceptors (Lipinski definition) is 7. The third-order valence-corrected chi connectivity index (χ3v) is 15.1. The van der Waals surface area contributed by atoms with E-state index in [2.05, 4.69) is 41.2 Å². The van der Waals surface area contributed by atoms with Crippen molar-refractivity contribution in [1.29, 1.82) is 0 Å². The fourth-order valence-electron chi connectivity index (χ4n) is 12.8. The molecule has 46 heavy (non-hydrogen) atoms. The summed E-state index contributed by atoms with van der Waals surface area (Å²) in [6.07, 6.45) is 12.1. The highest BCUT2D eigenvalue weighted by Gasteiger charge is 2.72. The minimum Gasteiger partial charge on any atom is -0.465 e. The van der Waals surface area contributed by atoms with Crippen molar-refractivity contribution < 1.29 is 33.7 Å². The van der Waals surface area contributed by atoms with Crippen LogP contribution in [-0.4, -0.2) is 48.9 Å². The summed E-state index contributed by atoms with van der Waals surface area (Å²) >= 11 is 0. The molecule has 11 atom stereocenters. The molecule has 5 fully saturated rings. The molecule has 5 aliphatic carbocycles. The summed E-state index contributed by atoms with van der Waals surface area (Å²) in [6, 6.07) is 0. The number of rotatable bonds is 10. The lowest BCUT2D eigenvalue weighted by molar-refractivity contribution is -0.257. The van der Waals surface area contributed by atoms with E-state index >= 15 is 0 Å². The van der Waals surface area contributed by atoms with Gasteiger partial charge in [-0.2, -0.15) is 0 Å². The minimum atomic E-state index is -0.442. The van der Waals surface area contributed by atoms with E-state index in [1.54, 1.807) is 0 Å². The molecule has 5 aliphatic rings. The van der Waals surface area contributed by atoms with E-state index in [9.17, 15) is 14.4 Å². The number of allylic oxidation sites excluding steroid dienone is 1. The molecule has 1 N–H and O–H groups in total. The molecule has 5 saturated carbocycles. The molecule has 0 aromatic heterocycles. The van der Waals surface area contributed by atoms with Crippen LogP contribution in [-0.2, 0) is 28.6 Å². The Hall–Kier alpha value is -1.89. The van der Waals surface area contributed by atoms with Gasteiger partial charge in [0.15, 0.2) is 0 Å². The van der Waals surface area contributed by atoms with Crippen LogP contribution in [0.1, 0.15) is 132 Å². The van der Waals surface area contributed by atoms with E-state index in [1.165, 1.54) is 19.4 Å². The minimum absolute atomic E-state index is 0.0141. The number of aliphatic hydroxyl groups excluding tert-OH is 1. The summed E-state index contributed by atoms with van der Waals surface area (Å²) in [5.74, 6) is 1.24. The molecule has 0 aliphatic heterocycles. The van der Waals surface area contributed by atoms with Crippen molar-refractivity contribution in [2.24, 2.45) is 56.7 Å². The van der Waals surface area contributed by atoms with Crippen LogP contribution < -0.4 is 0 Å². The van der Waals surface area contributed by atoms with Gasteiger partial charge in [0.05, 0.1) is 12.0 Å². The van der Waals surface area contributed by atoms with Gasteiger partial charge >= 0.3 is 17.9 Å². The van der Waals surface area contributed by atoms with Crippen LogP contribution in [0.2, 0.25) is 0 Å². The summed E-state index contributed by atoms with van der Waals surface area (Å²) in [5.41, 5.74) is 0.539. The first-order chi connectivity index (χ1) is 21.6. The Balaban J connectivity index is 1.46. The number of ether oxygens (including phenoxy) is 3. The van der Waals surface area contributed by atoms with Crippen molar-refractivity contribution in [3.05, 3.63) is 12.2 Å². The van der Waals surface area contributed by atoms with Gasteiger partial charge in [-0.3, -0.25) is 14.4 Å². The maximum Gasteiger partial charge on any atom is 0.312 e. The molecule has 0 amide bonds. The summed E-state index contributed by atoms with van der Waals surface area (Å²) in [6.45, 7) is 20.3. The van der Waals surface area contributed by atoms with Crippen molar-refractivity contribution in [1.82, 2.24) is 0 Å². The number of carbonyl (C=O) groups is 3. The largest absolute Gasteiger partial charge is 0.465 e. The van der Waals surface area contributed by atoms with E-state index in [-0.39, 0.29) is 65.3 Å². The van der Waals surface area contributed by atoms with Gasteiger partial charge in [-0.15, -0.1) is 0 Å². The number of esters is 3. The Labute approximate surface area is 278 Å². The average molecular weight is 643 g/mol. The highest BCUT2D eigenvalue weighted by Crippen LogP contribution is 2.77. The highest BCUT2D eigenvalue weighted by molar-refractivity contribution is 5.78. The van der Waals surface area contributed by atoms with E-state index in [0.29, 0.717) is 24.4 Å². The topological polar surface area (TPSA) is 99.1 Å². The van der Waals surface area contributed by atoms with E-state index in [0.717, 1.165) is 83.5 Å². The van der Waals surface area contributed by atoms with Gasteiger partial charge in [0.1, 0.15) is 12.7 Å². The van der Waals surface area contributed by atoms with Gasteiger partial charge in [-0.25, -0.2) is 0 Å². The molecule has 5 rings (SSSR count). The van der Waals surface area contributed by atoms with Crippen molar-refractivity contribution in [2.75, 3.05) is 19.8 Å². The predicted molar refractivity (Wildman–Crippen MR) is 177 cm³/mol. The molecule has 0 saturated heterocycles. The molecule has 260 valence electrons. The number of carbonyl (C=O) groups excluding carboxylic acids is 3. The third kappa shape index (κ3) is 5.47. The van der Waals surface area contributed by atoms with Crippen LogP contribution in [0.5, 0.6) is 0 Å². The van der Waals surface area contributed by atoms with Gasteiger partial charge in [0.2, 0.25) is 0 Å². The van der Waals surface area contributed by atoms with Gasteiger partial charge < -0.3 is 19.3 Å². The van der Waals surface area contributed by atoms with E-state index in [4.69, 9.17) is 19.3 Å². The second-order valence-electron chi connectivity index (χ2n) is 17.2. The standard InChI is InChI=1S/C39H62O7/c1-25(2)28-14-19-39(34(43)44-23-11-9-10-22-40)21-20-37(7)29(33(28)39)12-13-31-35(5)17-16-32(46-27(4)42)36(6,24-45-26(3)41)30(35)15-18-38(31,37)8/h28-33,40H,1,9-24H2,2-8H3/t28-,29?,30?,31?,32-,33?,35-,36-,37+,38+,39-/m0/s1. The average Bonchev–Trinajstić information content (AvgIpc) is 3.39. The fraction of sp³-hybridized carbons (Fsp3) is 0.872. The molecule has 7 heteroatoms. The molecule has 7 nitrogen and oxygen atoms in total. The Morgan fingerprint density at radius 2 is 1.50 bits per heavy atom. The van der Waals surface area contributed by atoms with Crippen LogP contribution in [0.3, 0.4) is 0 Å². The summed E-state index contributed by atoms with van der Waals surface area (Å²) in [5, 5.41) is 9.16. The van der Waals surface area contributed by atoms with Crippen LogP contribution in [0.15, 0.2) is 12.2 Å². The first-order valence-corrected chi connectivity index (χ1v) is 18.3. The molecule has 0 aromatic rings. The Morgan fingerprint density at radius 1 is 0.761 bits per heavy atom. The summed E-state index contributed by atoms with van der Waals surface area (Å²) < 4.78 is 17.8. The lowest BCUT2D eigenvalue weighted by Crippen LogP contribution is -2.68. The molecule has 0 spiro atoms. The molecule has 0 bridgehead atoms. The Morgan fingerprint density at radius 3 is 2.15 bits per heavy atom. The normalized spacial score (nSPS) is 44.5. The number of aliphatic hydroxyl groups is 1. The summed E-state index contributed by atoms with van der Waals surface area (Å²) in [7, 11) is 0. The molecular formula is C39H62O7. The monoisotopic (exact) mass is 642 g/mol. The van der Waals surface area contributed by atoms with Crippen molar-refractivity contribution in [2.45, 2.75) is 138 Å². The second kappa shape index (κ2) is 12.9. The van der Waals surface area contributed by atoms with Crippen LogP contribution >= 0.6 is 0 Å². The van der Waals surface area contributed by atoms with Crippen molar-refractivity contribution in [3.8, 4) is 0 Å². The van der Waals surface area contributed by atoms with Crippen molar-refractivity contribution >= 4 is 17.9 Å².